The molecular weight excluding hydrogens is 436 g/mol. The van der Waals surface area contributed by atoms with Crippen molar-refractivity contribution in [2.24, 2.45) is 0 Å². The molecule has 0 atom stereocenters. The van der Waals surface area contributed by atoms with Crippen LogP contribution in [-0.4, -0.2) is 0 Å². The molecule has 0 aliphatic carbocycles. The SMILES string of the molecule is Cc1ccc(P(=O)(ONP(=O)(c2ccccc2)c2ccccc2)c2ccc(C)cc2)cc1. The molecule has 32 heavy (non-hydrogen) atoms. The third kappa shape index (κ3) is 4.55. The van der Waals surface area contributed by atoms with E-state index in [0.29, 0.717) is 21.2 Å². The van der Waals surface area contributed by atoms with E-state index in [-0.39, 0.29) is 0 Å². The normalized spacial score (nSPS) is 11.9. The summed E-state index contributed by atoms with van der Waals surface area (Å²) in [4.78, 5) is 0. The summed E-state index contributed by atoms with van der Waals surface area (Å²) in [6.07, 6.45) is 0. The van der Waals surface area contributed by atoms with Gasteiger partial charge < -0.3 is 0 Å². The number of hydrogen-bond acceptors (Lipinski definition) is 3. The number of aryl methyl sites for hydroxylation is 2. The standard InChI is InChI=1S/C26H25NO3P2/c1-21-13-17-25(18-14-21)32(29,26-19-15-22(2)16-20-26)30-27-31(28,23-9-5-3-6-10-23)24-11-7-4-8-12-24/h3-20H,1-2H3,(H,27,28). The predicted octanol–water partition coefficient (Wildman–Crippen LogP) is 4.98. The maximum Gasteiger partial charge on any atom is 0.277 e. The summed E-state index contributed by atoms with van der Waals surface area (Å²) >= 11 is 0. The topological polar surface area (TPSA) is 55.4 Å². The molecule has 0 aliphatic heterocycles. The highest BCUT2D eigenvalue weighted by atomic mass is 31.2. The lowest BCUT2D eigenvalue weighted by Crippen LogP contribution is -2.30. The molecule has 0 aliphatic rings. The second-order valence-electron chi connectivity index (χ2n) is 7.69. The second-order valence-corrected chi connectivity index (χ2v) is 12.4. The highest BCUT2D eigenvalue weighted by Gasteiger charge is 2.35. The van der Waals surface area contributed by atoms with Gasteiger partial charge in [-0.25, -0.2) is 4.62 Å². The van der Waals surface area contributed by atoms with Gasteiger partial charge in [-0.1, -0.05) is 71.8 Å². The Hall–Kier alpha value is -2.74. The van der Waals surface area contributed by atoms with Crippen LogP contribution in [0, 0.1) is 13.8 Å². The van der Waals surface area contributed by atoms with Gasteiger partial charge in [0.2, 0.25) is 7.29 Å². The summed E-state index contributed by atoms with van der Waals surface area (Å²) in [7, 11) is -7.01. The molecule has 4 nitrogen and oxygen atoms in total. The van der Waals surface area contributed by atoms with Crippen molar-refractivity contribution >= 4 is 35.9 Å². The predicted molar refractivity (Wildman–Crippen MR) is 133 cm³/mol. The Labute approximate surface area is 189 Å². The van der Waals surface area contributed by atoms with Crippen molar-refractivity contribution in [2.75, 3.05) is 0 Å². The molecule has 6 heteroatoms. The van der Waals surface area contributed by atoms with Crippen LogP contribution in [0.15, 0.2) is 109 Å². The van der Waals surface area contributed by atoms with E-state index >= 15 is 0 Å². The molecule has 162 valence electrons. The zero-order chi connectivity index (χ0) is 22.6. The molecule has 0 fully saturated rings. The Morgan fingerprint density at radius 2 is 0.906 bits per heavy atom. The minimum Gasteiger partial charge on any atom is -0.294 e. The molecule has 4 aromatic rings. The molecule has 0 saturated carbocycles. The van der Waals surface area contributed by atoms with E-state index in [2.05, 4.69) is 5.25 Å². The van der Waals surface area contributed by atoms with Gasteiger partial charge in [0.1, 0.15) is 0 Å². The lowest BCUT2D eigenvalue weighted by Gasteiger charge is -2.25. The van der Waals surface area contributed by atoms with Gasteiger partial charge in [0.25, 0.3) is 7.37 Å². The summed E-state index contributed by atoms with van der Waals surface area (Å²) in [5.41, 5.74) is 2.10. The minimum atomic E-state index is -3.58. The van der Waals surface area contributed by atoms with Gasteiger partial charge in [0.05, 0.1) is 0 Å². The van der Waals surface area contributed by atoms with Crippen molar-refractivity contribution in [1.82, 2.24) is 5.25 Å². The molecule has 0 bridgehead atoms. The van der Waals surface area contributed by atoms with Crippen LogP contribution >= 0.6 is 14.7 Å². The Morgan fingerprint density at radius 3 is 1.28 bits per heavy atom. The van der Waals surface area contributed by atoms with E-state index in [1.54, 1.807) is 48.5 Å². The first kappa shape index (κ1) is 22.5. The third-order valence-electron chi connectivity index (χ3n) is 5.29. The lowest BCUT2D eigenvalue weighted by atomic mass is 10.2. The van der Waals surface area contributed by atoms with Crippen molar-refractivity contribution in [3.05, 3.63) is 120 Å². The van der Waals surface area contributed by atoms with Crippen LogP contribution in [0.25, 0.3) is 0 Å². The smallest absolute Gasteiger partial charge is 0.277 e. The molecule has 4 aromatic carbocycles. The van der Waals surface area contributed by atoms with Gasteiger partial charge in [-0.15, -0.1) is 5.25 Å². The Kier molecular flexibility index (Phi) is 6.60. The summed E-state index contributed by atoms with van der Waals surface area (Å²) in [6, 6.07) is 33.0. The molecule has 0 unspecified atom stereocenters. The highest BCUT2D eigenvalue weighted by molar-refractivity contribution is 7.78. The first-order valence-electron chi connectivity index (χ1n) is 10.3. The maximum atomic E-state index is 14.3. The third-order valence-corrected chi connectivity index (χ3v) is 10.1. The summed E-state index contributed by atoms with van der Waals surface area (Å²) in [5.74, 6) is 0. The van der Waals surface area contributed by atoms with E-state index in [4.69, 9.17) is 4.62 Å². The number of nitrogens with one attached hydrogen (secondary N) is 1. The van der Waals surface area contributed by atoms with E-state index in [1.165, 1.54) is 0 Å². The molecule has 0 radical (unpaired) electrons. The molecular formula is C26H25NO3P2. The number of rotatable bonds is 7. The maximum absolute atomic E-state index is 14.3. The van der Waals surface area contributed by atoms with Crippen molar-refractivity contribution in [1.29, 1.82) is 0 Å². The Balaban J connectivity index is 1.79. The van der Waals surface area contributed by atoms with Crippen LogP contribution in [-0.2, 0) is 13.8 Å². The fraction of sp³-hybridized carbons (Fsp3) is 0.0769. The van der Waals surface area contributed by atoms with Crippen LogP contribution in [0.4, 0.5) is 0 Å². The first-order chi connectivity index (χ1) is 15.4. The van der Waals surface area contributed by atoms with E-state index in [1.807, 2.05) is 74.5 Å². The summed E-state index contributed by atoms with van der Waals surface area (Å²) < 4.78 is 34.6. The van der Waals surface area contributed by atoms with Gasteiger partial charge in [0.15, 0.2) is 0 Å². The molecule has 1 N–H and O–H groups in total. The van der Waals surface area contributed by atoms with Crippen molar-refractivity contribution in [2.45, 2.75) is 13.8 Å². The van der Waals surface area contributed by atoms with Crippen molar-refractivity contribution in [3.63, 3.8) is 0 Å². The molecule has 0 heterocycles. The van der Waals surface area contributed by atoms with Crippen LogP contribution in [0.3, 0.4) is 0 Å². The van der Waals surface area contributed by atoms with Crippen LogP contribution in [0.2, 0.25) is 0 Å². The van der Waals surface area contributed by atoms with E-state index < -0.39 is 14.7 Å². The van der Waals surface area contributed by atoms with Gasteiger partial charge >= 0.3 is 0 Å². The Bertz CT molecular complexity index is 1180. The summed E-state index contributed by atoms with van der Waals surface area (Å²) in [6.45, 7) is 3.94. The van der Waals surface area contributed by atoms with E-state index in [9.17, 15) is 9.13 Å². The monoisotopic (exact) mass is 461 g/mol. The van der Waals surface area contributed by atoms with Gasteiger partial charge in [-0.3, -0.25) is 9.13 Å². The van der Waals surface area contributed by atoms with Crippen LogP contribution in [0.1, 0.15) is 11.1 Å². The summed E-state index contributed by atoms with van der Waals surface area (Å²) in [5, 5.41) is 5.01. The molecule has 0 spiro atoms. The van der Waals surface area contributed by atoms with Crippen LogP contribution < -0.4 is 26.5 Å². The average Bonchev–Trinajstić information content (AvgIpc) is 2.84. The average molecular weight is 461 g/mol. The zero-order valence-electron chi connectivity index (χ0n) is 18.0. The largest absolute Gasteiger partial charge is 0.294 e. The fourth-order valence-electron chi connectivity index (χ4n) is 3.38. The van der Waals surface area contributed by atoms with E-state index in [0.717, 1.165) is 11.1 Å². The first-order valence-corrected chi connectivity index (χ1v) is 13.7. The Morgan fingerprint density at radius 1 is 0.531 bits per heavy atom. The van der Waals surface area contributed by atoms with Gasteiger partial charge in [0, 0.05) is 21.2 Å². The number of hydrogen-bond donors (Lipinski definition) is 1. The van der Waals surface area contributed by atoms with Gasteiger partial charge in [-0.05, 0) is 62.4 Å². The lowest BCUT2D eigenvalue weighted by molar-refractivity contribution is 0.282. The molecule has 4 rings (SSSR count). The van der Waals surface area contributed by atoms with Gasteiger partial charge in [-0.2, -0.15) is 0 Å². The number of benzene rings is 4. The zero-order valence-corrected chi connectivity index (χ0v) is 19.8. The second kappa shape index (κ2) is 9.40. The molecule has 0 amide bonds. The quantitative estimate of drug-likeness (QED) is 0.312. The van der Waals surface area contributed by atoms with Crippen molar-refractivity contribution < 1.29 is 13.8 Å². The fourth-order valence-corrected chi connectivity index (χ4v) is 7.59. The van der Waals surface area contributed by atoms with Crippen LogP contribution in [0.5, 0.6) is 0 Å². The highest BCUT2D eigenvalue weighted by Crippen LogP contribution is 2.48. The minimum absolute atomic E-state index is 0.534. The molecule has 0 aromatic heterocycles. The van der Waals surface area contributed by atoms with Crippen molar-refractivity contribution in [3.8, 4) is 0 Å². The molecule has 0 saturated heterocycles.